The molecule has 16 heteroatoms. The standard InChI is InChI=1S/C25H18Cl3F9N2OS/c26-17-9-13(10-18(27)19(17)28)15(24(32,33)34)5-3-12-2-4-14(16(8-12)25(35,36)37)20(40)39-22(6-1-7-22)21(41)38-11-23(29,30)31/h2-5,8-10,15H,1,6-7,11H2,(H,38,41)(H,39,40)/b5-3+. The van der Waals surface area contributed by atoms with E-state index in [2.05, 4.69) is 5.32 Å². The minimum Gasteiger partial charge on any atom is -0.369 e. The molecule has 1 aliphatic carbocycles. The topological polar surface area (TPSA) is 41.1 Å². The fraction of sp³-hybridized carbons (Fsp3) is 0.360. The summed E-state index contributed by atoms with van der Waals surface area (Å²) < 4.78 is 121. The van der Waals surface area contributed by atoms with Crippen LogP contribution in [0, 0.1) is 0 Å². The second-order valence-corrected chi connectivity index (χ2v) is 10.8. The van der Waals surface area contributed by atoms with E-state index in [-0.39, 0.29) is 38.5 Å². The summed E-state index contributed by atoms with van der Waals surface area (Å²) in [5.74, 6) is -3.59. The number of nitrogens with one attached hydrogen (secondary N) is 2. The van der Waals surface area contributed by atoms with E-state index in [0.717, 1.165) is 30.3 Å². The first-order chi connectivity index (χ1) is 18.7. The van der Waals surface area contributed by atoms with Crippen molar-refractivity contribution in [1.29, 1.82) is 0 Å². The highest BCUT2D eigenvalue weighted by Gasteiger charge is 2.45. The molecule has 0 radical (unpaired) electrons. The van der Waals surface area contributed by atoms with Crippen molar-refractivity contribution >= 4 is 64.0 Å². The Kier molecular flexibility index (Phi) is 9.89. The number of alkyl halides is 9. The van der Waals surface area contributed by atoms with Gasteiger partial charge in [-0.1, -0.05) is 65.2 Å². The van der Waals surface area contributed by atoms with Crippen LogP contribution >= 0.6 is 47.0 Å². The average Bonchev–Trinajstić information content (AvgIpc) is 2.81. The first-order valence-corrected chi connectivity index (χ1v) is 13.1. The van der Waals surface area contributed by atoms with E-state index in [9.17, 15) is 44.3 Å². The van der Waals surface area contributed by atoms with Gasteiger partial charge in [0.15, 0.2) is 0 Å². The highest BCUT2D eigenvalue weighted by molar-refractivity contribution is 7.80. The van der Waals surface area contributed by atoms with Crippen molar-refractivity contribution in [2.75, 3.05) is 6.54 Å². The number of carbonyl (C=O) groups excluding carboxylic acids is 1. The van der Waals surface area contributed by atoms with Crippen LogP contribution < -0.4 is 10.6 Å². The van der Waals surface area contributed by atoms with Gasteiger partial charge in [0.05, 0.1) is 37.7 Å². The van der Waals surface area contributed by atoms with Gasteiger partial charge in [0.1, 0.15) is 11.5 Å². The molecule has 41 heavy (non-hydrogen) atoms. The van der Waals surface area contributed by atoms with Crippen LogP contribution in [-0.2, 0) is 6.18 Å². The number of hydrogen-bond acceptors (Lipinski definition) is 2. The van der Waals surface area contributed by atoms with E-state index in [1.165, 1.54) is 0 Å². The summed E-state index contributed by atoms with van der Waals surface area (Å²) in [7, 11) is 0. The predicted octanol–water partition coefficient (Wildman–Crippen LogP) is 9.16. The van der Waals surface area contributed by atoms with E-state index in [1.54, 1.807) is 0 Å². The first-order valence-electron chi connectivity index (χ1n) is 11.5. The van der Waals surface area contributed by atoms with Crippen molar-refractivity contribution in [1.82, 2.24) is 10.6 Å². The molecule has 0 spiro atoms. The Morgan fingerprint density at radius 2 is 1.56 bits per heavy atom. The number of rotatable bonds is 7. The molecule has 1 fully saturated rings. The number of thiocarbonyl (C=S) groups is 1. The largest absolute Gasteiger partial charge is 0.417 e. The van der Waals surface area contributed by atoms with Gasteiger partial charge in [-0.15, -0.1) is 0 Å². The maximum Gasteiger partial charge on any atom is 0.417 e. The molecular formula is C25H18Cl3F9N2OS. The van der Waals surface area contributed by atoms with E-state index in [0.29, 0.717) is 18.6 Å². The maximum absolute atomic E-state index is 13.9. The van der Waals surface area contributed by atoms with Gasteiger partial charge in [-0.05, 0) is 54.7 Å². The highest BCUT2D eigenvalue weighted by atomic mass is 35.5. The number of allylic oxidation sites excluding steroid dienone is 1. The molecule has 2 aromatic rings. The minimum absolute atomic E-state index is 0.0994. The molecule has 0 aromatic heterocycles. The molecule has 0 heterocycles. The Morgan fingerprint density at radius 1 is 0.976 bits per heavy atom. The van der Waals surface area contributed by atoms with Gasteiger partial charge < -0.3 is 10.6 Å². The van der Waals surface area contributed by atoms with E-state index in [4.69, 9.17) is 47.0 Å². The minimum atomic E-state index is -5.11. The van der Waals surface area contributed by atoms with Gasteiger partial charge >= 0.3 is 18.5 Å². The van der Waals surface area contributed by atoms with Gasteiger partial charge in [-0.2, -0.15) is 39.5 Å². The molecule has 0 bridgehead atoms. The molecule has 1 amide bonds. The third-order valence-electron chi connectivity index (χ3n) is 6.24. The molecule has 1 aliphatic rings. The zero-order valence-electron chi connectivity index (χ0n) is 20.3. The summed E-state index contributed by atoms with van der Waals surface area (Å²) in [6.45, 7) is -1.49. The zero-order valence-corrected chi connectivity index (χ0v) is 23.4. The molecule has 224 valence electrons. The van der Waals surface area contributed by atoms with Crippen LogP contribution in [-0.4, -0.2) is 35.3 Å². The lowest BCUT2D eigenvalue weighted by Gasteiger charge is -2.43. The fourth-order valence-corrected chi connectivity index (χ4v) is 4.98. The quantitative estimate of drug-likeness (QED) is 0.175. The van der Waals surface area contributed by atoms with Crippen molar-refractivity contribution in [3.8, 4) is 0 Å². The van der Waals surface area contributed by atoms with Crippen LogP contribution in [0.3, 0.4) is 0 Å². The molecule has 2 aromatic carbocycles. The van der Waals surface area contributed by atoms with Gasteiger partial charge in [0.2, 0.25) is 0 Å². The van der Waals surface area contributed by atoms with Crippen LogP contribution in [0.2, 0.25) is 15.1 Å². The molecule has 1 atom stereocenters. The van der Waals surface area contributed by atoms with Crippen LogP contribution in [0.1, 0.15) is 52.2 Å². The van der Waals surface area contributed by atoms with Crippen LogP contribution in [0.5, 0.6) is 0 Å². The summed E-state index contributed by atoms with van der Waals surface area (Å²) in [6.07, 6.45) is -12.6. The van der Waals surface area contributed by atoms with Gasteiger partial charge in [-0.25, -0.2) is 0 Å². The molecule has 1 unspecified atom stereocenters. The predicted molar refractivity (Wildman–Crippen MR) is 141 cm³/mol. The Morgan fingerprint density at radius 3 is 2.02 bits per heavy atom. The molecule has 3 nitrogen and oxygen atoms in total. The van der Waals surface area contributed by atoms with Crippen molar-refractivity contribution in [2.45, 2.75) is 49.2 Å². The molecule has 1 saturated carbocycles. The molecule has 0 aliphatic heterocycles. The smallest absolute Gasteiger partial charge is 0.369 e. The maximum atomic E-state index is 13.9. The number of hydrogen-bond donors (Lipinski definition) is 2. The zero-order chi connectivity index (χ0) is 31.0. The molecule has 0 saturated heterocycles. The normalized spacial score (nSPS) is 16.3. The number of carbonyl (C=O) groups is 1. The third-order valence-corrected chi connectivity index (χ3v) is 7.97. The molecular weight excluding hydrogens is 654 g/mol. The SMILES string of the molecule is O=C(NC1(C(=S)NCC(F)(F)F)CCC1)c1ccc(/C=C/C(c2cc(Cl)c(Cl)c(Cl)c2)C(F)(F)F)cc1C(F)(F)F. The molecule has 3 rings (SSSR count). The summed E-state index contributed by atoms with van der Waals surface area (Å²) in [5.41, 5.74) is -4.57. The Labute approximate surface area is 248 Å². The summed E-state index contributed by atoms with van der Waals surface area (Å²) >= 11 is 22.4. The second-order valence-electron chi connectivity index (χ2n) is 9.17. The monoisotopic (exact) mass is 670 g/mol. The average molecular weight is 672 g/mol. The second kappa shape index (κ2) is 12.2. The highest BCUT2D eigenvalue weighted by Crippen LogP contribution is 2.42. The first kappa shape index (κ1) is 33.3. The lowest BCUT2D eigenvalue weighted by Crippen LogP contribution is -2.62. The van der Waals surface area contributed by atoms with Gasteiger partial charge in [0, 0.05) is 0 Å². The number of benzene rings is 2. The van der Waals surface area contributed by atoms with Crippen LogP contribution in [0.4, 0.5) is 39.5 Å². The lowest BCUT2D eigenvalue weighted by atomic mass is 9.76. The van der Waals surface area contributed by atoms with Crippen molar-refractivity contribution < 1.29 is 44.3 Å². The van der Waals surface area contributed by atoms with E-state index >= 15 is 0 Å². The fourth-order valence-electron chi connectivity index (χ4n) is 4.04. The molecule has 2 N–H and O–H groups in total. The number of halogens is 12. The van der Waals surface area contributed by atoms with Gasteiger partial charge in [0.25, 0.3) is 5.91 Å². The summed E-state index contributed by atoms with van der Waals surface area (Å²) in [6, 6.07) is 4.08. The van der Waals surface area contributed by atoms with E-state index < -0.39 is 59.1 Å². The van der Waals surface area contributed by atoms with Gasteiger partial charge in [-0.3, -0.25) is 4.79 Å². The Balaban J connectivity index is 1.92. The lowest BCUT2D eigenvalue weighted by molar-refractivity contribution is -0.139. The van der Waals surface area contributed by atoms with Crippen LogP contribution in [0.15, 0.2) is 36.4 Å². The Hall–Kier alpha value is -2.22. The van der Waals surface area contributed by atoms with Crippen molar-refractivity contribution in [3.63, 3.8) is 0 Å². The van der Waals surface area contributed by atoms with Crippen molar-refractivity contribution in [3.05, 3.63) is 73.7 Å². The summed E-state index contributed by atoms with van der Waals surface area (Å²) in [5, 5.41) is 3.60. The Bertz CT molecular complexity index is 1330. The third kappa shape index (κ3) is 8.20. The van der Waals surface area contributed by atoms with E-state index in [1.807, 2.05) is 5.32 Å². The number of amides is 1. The summed E-state index contributed by atoms with van der Waals surface area (Å²) in [4.78, 5) is 12.5. The van der Waals surface area contributed by atoms with Crippen molar-refractivity contribution in [2.24, 2.45) is 0 Å². The van der Waals surface area contributed by atoms with Crippen LogP contribution in [0.25, 0.3) is 6.08 Å².